The van der Waals surface area contributed by atoms with Crippen molar-refractivity contribution in [1.82, 2.24) is 9.88 Å². The summed E-state index contributed by atoms with van der Waals surface area (Å²) in [4.78, 5) is 30.3. The summed E-state index contributed by atoms with van der Waals surface area (Å²) in [5, 5.41) is 9.86. The zero-order valence-electron chi connectivity index (χ0n) is 12.2. The molecular weight excluding hydrogens is 300 g/mol. The number of hydrogen-bond acceptors (Lipinski definition) is 4. The van der Waals surface area contributed by atoms with E-state index >= 15 is 0 Å². The van der Waals surface area contributed by atoms with Crippen LogP contribution in [-0.2, 0) is 4.79 Å². The molecule has 0 bridgehead atoms. The predicted molar refractivity (Wildman–Crippen MR) is 83.9 cm³/mol. The van der Waals surface area contributed by atoms with Gasteiger partial charge in [0.1, 0.15) is 9.88 Å². The number of thiazole rings is 1. The molecule has 0 spiro atoms. The van der Waals surface area contributed by atoms with Gasteiger partial charge in [-0.3, -0.25) is 9.59 Å². The van der Waals surface area contributed by atoms with Crippen LogP contribution in [0.15, 0.2) is 30.3 Å². The third-order valence-corrected chi connectivity index (χ3v) is 5.03. The summed E-state index contributed by atoms with van der Waals surface area (Å²) in [7, 11) is 0. The van der Waals surface area contributed by atoms with E-state index in [1.165, 1.54) is 11.3 Å². The summed E-state index contributed by atoms with van der Waals surface area (Å²) < 4.78 is 0. The Morgan fingerprint density at radius 1 is 1.32 bits per heavy atom. The number of carbonyl (C=O) groups excluding carboxylic acids is 1. The first kappa shape index (κ1) is 14.7. The lowest BCUT2D eigenvalue weighted by Crippen LogP contribution is -2.29. The number of carboxylic acids is 1. The summed E-state index contributed by atoms with van der Waals surface area (Å²) in [6.45, 7) is 2.60. The first-order valence-electron chi connectivity index (χ1n) is 7.11. The van der Waals surface area contributed by atoms with Gasteiger partial charge in [-0.15, -0.1) is 11.3 Å². The van der Waals surface area contributed by atoms with Gasteiger partial charge in [-0.25, -0.2) is 4.98 Å². The Morgan fingerprint density at radius 3 is 2.68 bits per heavy atom. The minimum atomic E-state index is -0.832. The number of aromatic nitrogens is 1. The van der Waals surface area contributed by atoms with E-state index in [9.17, 15) is 9.59 Å². The Morgan fingerprint density at radius 2 is 2.05 bits per heavy atom. The molecule has 0 radical (unpaired) electrons. The van der Waals surface area contributed by atoms with Crippen LogP contribution >= 0.6 is 11.3 Å². The van der Waals surface area contributed by atoms with E-state index in [0.717, 1.165) is 10.6 Å². The molecule has 2 aromatic rings. The van der Waals surface area contributed by atoms with Crippen molar-refractivity contribution in [2.45, 2.75) is 13.3 Å². The fourth-order valence-electron chi connectivity index (χ4n) is 2.59. The van der Waals surface area contributed by atoms with Crippen LogP contribution in [0.5, 0.6) is 0 Å². The summed E-state index contributed by atoms with van der Waals surface area (Å²) in [5.74, 6) is -1.40. The van der Waals surface area contributed by atoms with Gasteiger partial charge in [-0.2, -0.15) is 0 Å². The number of likely N-dealkylation sites (tertiary alicyclic amines) is 1. The van der Waals surface area contributed by atoms with Crippen molar-refractivity contribution >= 4 is 23.2 Å². The molecule has 114 valence electrons. The molecule has 1 atom stereocenters. The van der Waals surface area contributed by atoms with E-state index in [1.807, 2.05) is 37.3 Å². The van der Waals surface area contributed by atoms with Crippen molar-refractivity contribution in [2.24, 2.45) is 5.92 Å². The highest BCUT2D eigenvalue weighted by atomic mass is 32.1. The highest BCUT2D eigenvalue weighted by Crippen LogP contribution is 2.30. The maximum absolute atomic E-state index is 12.6. The molecule has 0 unspecified atom stereocenters. The highest BCUT2D eigenvalue weighted by molar-refractivity contribution is 7.17. The molecule has 6 heteroatoms. The van der Waals surface area contributed by atoms with Crippen molar-refractivity contribution in [1.29, 1.82) is 0 Å². The van der Waals surface area contributed by atoms with Crippen LogP contribution in [0.1, 0.15) is 21.8 Å². The number of nitrogens with zero attached hydrogens (tertiary/aromatic N) is 2. The first-order chi connectivity index (χ1) is 10.6. The maximum atomic E-state index is 12.6. The minimum Gasteiger partial charge on any atom is -0.481 e. The SMILES string of the molecule is Cc1nc(-c2ccccc2)sc1C(=O)N1CC[C@H](C(=O)O)C1. The van der Waals surface area contributed by atoms with E-state index in [-0.39, 0.29) is 12.5 Å². The summed E-state index contributed by atoms with van der Waals surface area (Å²) in [5.41, 5.74) is 1.69. The van der Waals surface area contributed by atoms with Gasteiger partial charge in [0.25, 0.3) is 5.91 Å². The Kier molecular flexibility index (Phi) is 3.94. The third-order valence-electron chi connectivity index (χ3n) is 3.84. The molecule has 5 nitrogen and oxygen atoms in total. The number of carbonyl (C=O) groups is 2. The Labute approximate surface area is 132 Å². The lowest BCUT2D eigenvalue weighted by molar-refractivity contribution is -0.141. The average molecular weight is 316 g/mol. The molecule has 1 aromatic heterocycles. The summed E-state index contributed by atoms with van der Waals surface area (Å²) >= 11 is 1.37. The number of benzene rings is 1. The number of hydrogen-bond donors (Lipinski definition) is 1. The van der Waals surface area contributed by atoms with Crippen molar-refractivity contribution in [3.05, 3.63) is 40.9 Å². The predicted octanol–water partition coefficient (Wildman–Crippen LogP) is 2.67. The molecular formula is C16H16N2O3S. The van der Waals surface area contributed by atoms with Crippen LogP contribution in [0.25, 0.3) is 10.6 Å². The van der Waals surface area contributed by atoms with E-state index in [1.54, 1.807) is 4.90 Å². The smallest absolute Gasteiger partial charge is 0.308 e. The number of aliphatic carboxylic acids is 1. The van der Waals surface area contributed by atoms with Gasteiger partial charge in [0.05, 0.1) is 11.6 Å². The van der Waals surface area contributed by atoms with E-state index in [2.05, 4.69) is 4.98 Å². The van der Waals surface area contributed by atoms with Gasteiger partial charge in [0.2, 0.25) is 0 Å². The molecule has 3 rings (SSSR count). The fourth-order valence-corrected chi connectivity index (χ4v) is 3.63. The second-order valence-corrected chi connectivity index (χ2v) is 6.37. The summed E-state index contributed by atoms with van der Waals surface area (Å²) in [6.07, 6.45) is 0.518. The fraction of sp³-hybridized carbons (Fsp3) is 0.312. The quantitative estimate of drug-likeness (QED) is 0.945. The van der Waals surface area contributed by atoms with Gasteiger partial charge >= 0.3 is 5.97 Å². The van der Waals surface area contributed by atoms with Crippen molar-refractivity contribution in [2.75, 3.05) is 13.1 Å². The number of carboxylic acid groups (broad SMARTS) is 1. The van der Waals surface area contributed by atoms with Crippen LogP contribution in [-0.4, -0.2) is 40.0 Å². The van der Waals surface area contributed by atoms with Gasteiger partial charge in [0, 0.05) is 18.7 Å². The third kappa shape index (κ3) is 2.74. The van der Waals surface area contributed by atoms with Gasteiger partial charge in [-0.1, -0.05) is 30.3 Å². The monoisotopic (exact) mass is 316 g/mol. The molecule has 1 aromatic carbocycles. The van der Waals surface area contributed by atoms with Crippen molar-refractivity contribution < 1.29 is 14.7 Å². The molecule has 1 aliphatic heterocycles. The first-order valence-corrected chi connectivity index (χ1v) is 7.93. The zero-order valence-corrected chi connectivity index (χ0v) is 13.0. The maximum Gasteiger partial charge on any atom is 0.308 e. The normalized spacial score (nSPS) is 17.7. The van der Waals surface area contributed by atoms with Gasteiger partial charge in [0.15, 0.2) is 0 Å². The Hall–Kier alpha value is -2.21. The van der Waals surface area contributed by atoms with Gasteiger partial charge < -0.3 is 10.0 Å². The van der Waals surface area contributed by atoms with Crippen LogP contribution in [0, 0.1) is 12.8 Å². The second-order valence-electron chi connectivity index (χ2n) is 5.37. The lowest BCUT2D eigenvalue weighted by Gasteiger charge is -2.14. The standard InChI is InChI=1S/C16H16N2O3S/c1-10-13(15(19)18-8-7-12(9-18)16(20)21)22-14(17-10)11-5-3-2-4-6-11/h2-6,12H,7-9H2,1H3,(H,20,21)/t12-/m0/s1. The van der Waals surface area contributed by atoms with Crippen LogP contribution < -0.4 is 0 Å². The van der Waals surface area contributed by atoms with E-state index < -0.39 is 11.9 Å². The topological polar surface area (TPSA) is 70.5 Å². The minimum absolute atomic E-state index is 0.110. The molecule has 2 heterocycles. The van der Waals surface area contributed by atoms with Crippen molar-refractivity contribution in [3.63, 3.8) is 0 Å². The van der Waals surface area contributed by atoms with Crippen LogP contribution in [0.3, 0.4) is 0 Å². The number of amides is 1. The molecule has 22 heavy (non-hydrogen) atoms. The second kappa shape index (κ2) is 5.88. The largest absolute Gasteiger partial charge is 0.481 e. The zero-order chi connectivity index (χ0) is 15.7. The molecule has 0 aliphatic carbocycles. The van der Waals surface area contributed by atoms with Crippen LogP contribution in [0.4, 0.5) is 0 Å². The van der Waals surface area contributed by atoms with E-state index in [4.69, 9.17) is 5.11 Å². The highest BCUT2D eigenvalue weighted by Gasteiger charge is 2.32. The van der Waals surface area contributed by atoms with Gasteiger partial charge in [-0.05, 0) is 13.3 Å². The molecule has 1 saturated heterocycles. The Balaban J connectivity index is 1.82. The number of rotatable bonds is 3. The van der Waals surface area contributed by atoms with Crippen LogP contribution in [0.2, 0.25) is 0 Å². The van der Waals surface area contributed by atoms with E-state index in [0.29, 0.717) is 23.5 Å². The lowest BCUT2D eigenvalue weighted by atomic mass is 10.1. The molecule has 0 saturated carbocycles. The molecule has 1 N–H and O–H groups in total. The molecule has 1 fully saturated rings. The Bertz CT molecular complexity index is 711. The number of aryl methyl sites for hydroxylation is 1. The summed E-state index contributed by atoms with van der Waals surface area (Å²) in [6, 6.07) is 9.73. The molecule has 1 aliphatic rings. The van der Waals surface area contributed by atoms with Crippen molar-refractivity contribution in [3.8, 4) is 10.6 Å². The average Bonchev–Trinajstić information content (AvgIpc) is 3.14. The molecule has 1 amide bonds.